The van der Waals surface area contributed by atoms with Crippen molar-refractivity contribution < 1.29 is 13.2 Å². The van der Waals surface area contributed by atoms with Crippen LogP contribution in [0.4, 0.5) is 0 Å². The number of rotatable bonds is 3. The van der Waals surface area contributed by atoms with E-state index in [0.29, 0.717) is 19.0 Å². The average molecular weight is 263 g/mol. The Kier molecular flexibility index (Phi) is 4.37. The van der Waals surface area contributed by atoms with Crippen LogP contribution >= 0.6 is 0 Å². The summed E-state index contributed by atoms with van der Waals surface area (Å²) in [7, 11) is -3.48. The standard InChI is InChI=1S/C10H21N3O3S/c11-17(14,15)13-3-1-10(2-4-13)9-12-5-7-16-8-6-12/h10H,1-9H2,(H2,11,14,15). The molecule has 100 valence electrons. The Hall–Kier alpha value is -0.210. The molecule has 0 unspecified atom stereocenters. The maximum absolute atomic E-state index is 11.2. The summed E-state index contributed by atoms with van der Waals surface area (Å²) in [6.45, 7) is 5.81. The van der Waals surface area contributed by atoms with Crippen LogP contribution in [0, 0.1) is 5.92 Å². The van der Waals surface area contributed by atoms with Gasteiger partial charge in [0.25, 0.3) is 10.2 Å². The lowest BCUT2D eigenvalue weighted by Gasteiger charge is -2.34. The number of hydrogen-bond donors (Lipinski definition) is 1. The van der Waals surface area contributed by atoms with Crippen molar-refractivity contribution in [2.45, 2.75) is 12.8 Å². The lowest BCUT2D eigenvalue weighted by atomic mass is 9.97. The monoisotopic (exact) mass is 263 g/mol. The summed E-state index contributed by atoms with van der Waals surface area (Å²) in [6, 6.07) is 0. The maximum atomic E-state index is 11.2. The largest absolute Gasteiger partial charge is 0.379 e. The first kappa shape index (κ1) is 13.2. The zero-order valence-electron chi connectivity index (χ0n) is 10.0. The molecule has 2 N–H and O–H groups in total. The first-order valence-electron chi connectivity index (χ1n) is 6.13. The Morgan fingerprint density at radius 2 is 1.71 bits per heavy atom. The van der Waals surface area contributed by atoms with E-state index in [2.05, 4.69) is 4.90 Å². The van der Waals surface area contributed by atoms with Gasteiger partial charge >= 0.3 is 0 Å². The number of hydrogen-bond acceptors (Lipinski definition) is 4. The Morgan fingerprint density at radius 1 is 1.12 bits per heavy atom. The highest BCUT2D eigenvalue weighted by Crippen LogP contribution is 2.19. The van der Waals surface area contributed by atoms with E-state index < -0.39 is 10.2 Å². The van der Waals surface area contributed by atoms with Crippen molar-refractivity contribution in [2.75, 3.05) is 45.9 Å². The molecule has 2 aliphatic rings. The van der Waals surface area contributed by atoms with Crippen molar-refractivity contribution in [3.05, 3.63) is 0 Å². The number of ether oxygens (including phenoxy) is 1. The van der Waals surface area contributed by atoms with Crippen molar-refractivity contribution in [1.29, 1.82) is 0 Å². The van der Waals surface area contributed by atoms with Gasteiger partial charge in [-0.05, 0) is 18.8 Å². The molecule has 7 heteroatoms. The van der Waals surface area contributed by atoms with Crippen LogP contribution < -0.4 is 5.14 Å². The molecule has 0 radical (unpaired) electrons. The third-order valence-corrected chi connectivity index (χ3v) is 4.64. The Bertz CT molecular complexity index is 333. The zero-order chi connectivity index (χ0) is 12.3. The summed E-state index contributed by atoms with van der Waals surface area (Å²) in [5, 5.41) is 5.11. The van der Waals surface area contributed by atoms with Gasteiger partial charge in [0.1, 0.15) is 0 Å². The molecular formula is C10H21N3O3S. The van der Waals surface area contributed by atoms with E-state index in [-0.39, 0.29) is 0 Å². The minimum atomic E-state index is -3.48. The van der Waals surface area contributed by atoms with Gasteiger partial charge < -0.3 is 4.74 Å². The van der Waals surface area contributed by atoms with E-state index in [1.165, 1.54) is 4.31 Å². The lowest BCUT2D eigenvalue weighted by Crippen LogP contribution is -2.45. The van der Waals surface area contributed by atoms with Crippen LogP contribution in [-0.4, -0.2) is 63.6 Å². The molecule has 0 bridgehead atoms. The van der Waals surface area contributed by atoms with Gasteiger partial charge in [-0.15, -0.1) is 0 Å². The predicted molar refractivity (Wildman–Crippen MR) is 64.7 cm³/mol. The van der Waals surface area contributed by atoms with Crippen LogP contribution in [0.15, 0.2) is 0 Å². The molecule has 2 heterocycles. The second kappa shape index (κ2) is 5.62. The highest BCUT2D eigenvalue weighted by molar-refractivity contribution is 7.86. The fourth-order valence-electron chi connectivity index (χ4n) is 2.50. The maximum Gasteiger partial charge on any atom is 0.276 e. The molecule has 0 aliphatic carbocycles. The van der Waals surface area contributed by atoms with Gasteiger partial charge in [-0.3, -0.25) is 4.90 Å². The van der Waals surface area contributed by atoms with E-state index in [4.69, 9.17) is 9.88 Å². The molecular weight excluding hydrogens is 242 g/mol. The zero-order valence-corrected chi connectivity index (χ0v) is 10.9. The normalized spacial score (nSPS) is 26.2. The van der Waals surface area contributed by atoms with Crippen molar-refractivity contribution in [3.8, 4) is 0 Å². The minimum absolute atomic E-state index is 0.563. The minimum Gasteiger partial charge on any atom is -0.379 e. The first-order chi connectivity index (χ1) is 8.05. The fraction of sp³-hybridized carbons (Fsp3) is 1.00. The number of piperidine rings is 1. The molecule has 0 atom stereocenters. The molecule has 0 amide bonds. The molecule has 6 nitrogen and oxygen atoms in total. The Balaban J connectivity index is 1.75. The molecule has 2 rings (SSSR count). The van der Waals surface area contributed by atoms with Gasteiger partial charge in [0, 0.05) is 32.7 Å². The second-order valence-corrected chi connectivity index (χ2v) is 6.35. The summed E-state index contributed by atoms with van der Waals surface area (Å²) >= 11 is 0. The van der Waals surface area contributed by atoms with Gasteiger partial charge in [0.2, 0.25) is 0 Å². The number of nitrogens with zero attached hydrogens (tertiary/aromatic N) is 2. The summed E-state index contributed by atoms with van der Waals surface area (Å²) in [5.41, 5.74) is 0. The second-order valence-electron chi connectivity index (χ2n) is 4.80. The summed E-state index contributed by atoms with van der Waals surface area (Å²) in [6.07, 6.45) is 1.82. The smallest absolute Gasteiger partial charge is 0.276 e. The molecule has 17 heavy (non-hydrogen) atoms. The van der Waals surface area contributed by atoms with E-state index in [9.17, 15) is 8.42 Å². The predicted octanol–water partition coefficient (Wildman–Crippen LogP) is -0.766. The van der Waals surface area contributed by atoms with Crippen molar-refractivity contribution >= 4 is 10.2 Å². The first-order valence-corrected chi connectivity index (χ1v) is 7.64. The van der Waals surface area contributed by atoms with E-state index >= 15 is 0 Å². The molecule has 0 saturated carbocycles. The van der Waals surface area contributed by atoms with Gasteiger partial charge in [0.05, 0.1) is 13.2 Å². The third kappa shape index (κ3) is 3.89. The lowest BCUT2D eigenvalue weighted by molar-refractivity contribution is 0.0269. The number of morpholine rings is 1. The summed E-state index contributed by atoms with van der Waals surface area (Å²) in [4.78, 5) is 2.40. The third-order valence-electron chi connectivity index (χ3n) is 3.55. The van der Waals surface area contributed by atoms with Crippen LogP contribution in [0.25, 0.3) is 0 Å². The van der Waals surface area contributed by atoms with Crippen LogP contribution in [0.5, 0.6) is 0 Å². The summed E-state index contributed by atoms with van der Waals surface area (Å²) in [5.74, 6) is 0.589. The van der Waals surface area contributed by atoms with E-state index in [1.807, 2.05) is 0 Å². The highest BCUT2D eigenvalue weighted by atomic mass is 32.2. The van der Waals surface area contributed by atoms with E-state index in [0.717, 1.165) is 45.7 Å². The van der Waals surface area contributed by atoms with Crippen molar-refractivity contribution in [3.63, 3.8) is 0 Å². The molecule has 0 aromatic heterocycles. The van der Waals surface area contributed by atoms with E-state index in [1.54, 1.807) is 0 Å². The van der Waals surface area contributed by atoms with Crippen LogP contribution in [-0.2, 0) is 14.9 Å². The Labute approximate surface area is 103 Å². The van der Waals surface area contributed by atoms with Crippen LogP contribution in [0.3, 0.4) is 0 Å². The molecule has 2 fully saturated rings. The van der Waals surface area contributed by atoms with Crippen molar-refractivity contribution in [2.24, 2.45) is 11.1 Å². The molecule has 2 saturated heterocycles. The SMILES string of the molecule is NS(=O)(=O)N1CCC(CN2CCOCC2)CC1. The van der Waals surface area contributed by atoms with Crippen molar-refractivity contribution in [1.82, 2.24) is 9.21 Å². The number of nitrogens with two attached hydrogens (primary N) is 1. The van der Waals surface area contributed by atoms with Gasteiger partial charge in [-0.1, -0.05) is 0 Å². The molecule has 0 spiro atoms. The van der Waals surface area contributed by atoms with Crippen LogP contribution in [0.2, 0.25) is 0 Å². The Morgan fingerprint density at radius 3 is 2.24 bits per heavy atom. The van der Waals surface area contributed by atoms with Gasteiger partial charge in [0.15, 0.2) is 0 Å². The summed E-state index contributed by atoms with van der Waals surface area (Å²) < 4.78 is 29.0. The van der Waals surface area contributed by atoms with Gasteiger partial charge in [-0.2, -0.15) is 12.7 Å². The topological polar surface area (TPSA) is 75.9 Å². The molecule has 0 aromatic rings. The average Bonchev–Trinajstić information content (AvgIpc) is 2.30. The molecule has 0 aromatic carbocycles. The quantitative estimate of drug-likeness (QED) is 0.726. The highest BCUT2D eigenvalue weighted by Gasteiger charge is 2.26. The fourth-order valence-corrected chi connectivity index (χ4v) is 3.21. The van der Waals surface area contributed by atoms with Gasteiger partial charge in [-0.25, -0.2) is 5.14 Å². The molecule has 2 aliphatic heterocycles. The van der Waals surface area contributed by atoms with Crippen LogP contribution in [0.1, 0.15) is 12.8 Å².